The molecule has 1 atom stereocenters. The Hall–Kier alpha value is -1.94. The Morgan fingerprint density at radius 2 is 2.06 bits per heavy atom. The Balaban J connectivity index is 2.39. The second kappa shape index (κ2) is 5.14. The number of pyridine rings is 1. The van der Waals surface area contributed by atoms with Crippen LogP contribution in [0.2, 0.25) is 0 Å². The first kappa shape index (κ1) is 12.5. The van der Waals surface area contributed by atoms with E-state index in [2.05, 4.69) is 4.98 Å². The average molecular weight is 247 g/mol. The number of aliphatic hydroxyl groups is 1. The van der Waals surface area contributed by atoms with Gasteiger partial charge in [0.05, 0.1) is 7.11 Å². The lowest BCUT2D eigenvalue weighted by molar-refractivity contribution is 0.213. The molecular weight excluding hydrogens is 233 g/mol. The number of halogens is 1. The van der Waals surface area contributed by atoms with E-state index in [0.717, 1.165) is 5.69 Å². The number of methoxy groups -OCH3 is 1. The molecule has 1 aromatic heterocycles. The van der Waals surface area contributed by atoms with Crippen LogP contribution in [0, 0.1) is 12.7 Å². The summed E-state index contributed by atoms with van der Waals surface area (Å²) < 4.78 is 18.9. The fourth-order valence-electron chi connectivity index (χ4n) is 1.72. The zero-order chi connectivity index (χ0) is 13.1. The molecule has 4 heteroatoms. The topological polar surface area (TPSA) is 42.4 Å². The van der Waals surface area contributed by atoms with E-state index in [1.807, 2.05) is 6.92 Å². The van der Waals surface area contributed by atoms with E-state index in [1.54, 1.807) is 24.4 Å². The van der Waals surface area contributed by atoms with Crippen molar-refractivity contribution in [1.29, 1.82) is 0 Å². The SMILES string of the molecule is COc1cccc(C(O)c2ccc(C)nc2)c1F. The molecule has 0 aliphatic heterocycles. The number of aliphatic hydroxyl groups excluding tert-OH is 1. The highest BCUT2D eigenvalue weighted by Gasteiger charge is 2.17. The number of hydrogen-bond donors (Lipinski definition) is 1. The lowest BCUT2D eigenvalue weighted by Gasteiger charge is -2.13. The lowest BCUT2D eigenvalue weighted by Crippen LogP contribution is -2.04. The Kier molecular flexibility index (Phi) is 3.58. The van der Waals surface area contributed by atoms with Gasteiger partial charge in [-0.25, -0.2) is 4.39 Å². The summed E-state index contributed by atoms with van der Waals surface area (Å²) in [5.74, 6) is -0.431. The third-order valence-electron chi connectivity index (χ3n) is 2.76. The van der Waals surface area contributed by atoms with E-state index < -0.39 is 11.9 Å². The summed E-state index contributed by atoms with van der Waals surface area (Å²) in [5, 5.41) is 10.1. The number of nitrogens with zero attached hydrogens (tertiary/aromatic N) is 1. The molecule has 1 heterocycles. The van der Waals surface area contributed by atoms with Crippen LogP contribution in [0.3, 0.4) is 0 Å². The third-order valence-corrected chi connectivity index (χ3v) is 2.76. The molecule has 0 aliphatic carbocycles. The normalized spacial score (nSPS) is 12.2. The van der Waals surface area contributed by atoms with E-state index in [4.69, 9.17) is 4.74 Å². The minimum Gasteiger partial charge on any atom is -0.494 e. The molecule has 1 unspecified atom stereocenters. The van der Waals surface area contributed by atoms with Gasteiger partial charge in [-0.1, -0.05) is 18.2 Å². The van der Waals surface area contributed by atoms with Crippen molar-refractivity contribution in [3.05, 3.63) is 59.2 Å². The number of aromatic nitrogens is 1. The Morgan fingerprint density at radius 3 is 2.67 bits per heavy atom. The molecule has 0 aliphatic rings. The van der Waals surface area contributed by atoms with Crippen molar-refractivity contribution in [1.82, 2.24) is 4.98 Å². The average Bonchev–Trinajstić information content (AvgIpc) is 2.39. The van der Waals surface area contributed by atoms with Gasteiger partial charge in [-0.15, -0.1) is 0 Å². The van der Waals surface area contributed by atoms with Gasteiger partial charge in [0.1, 0.15) is 6.10 Å². The molecule has 18 heavy (non-hydrogen) atoms. The maximum atomic E-state index is 14.0. The van der Waals surface area contributed by atoms with Crippen LogP contribution in [0.5, 0.6) is 5.75 Å². The zero-order valence-electron chi connectivity index (χ0n) is 10.2. The predicted molar refractivity (Wildman–Crippen MR) is 66.0 cm³/mol. The van der Waals surface area contributed by atoms with Gasteiger partial charge >= 0.3 is 0 Å². The van der Waals surface area contributed by atoms with E-state index in [-0.39, 0.29) is 11.3 Å². The fraction of sp³-hybridized carbons (Fsp3) is 0.214. The van der Waals surface area contributed by atoms with Crippen LogP contribution < -0.4 is 4.74 Å². The first-order valence-electron chi connectivity index (χ1n) is 5.56. The molecule has 0 spiro atoms. The second-order valence-electron chi connectivity index (χ2n) is 4.00. The number of rotatable bonds is 3. The summed E-state index contributed by atoms with van der Waals surface area (Å²) in [4.78, 5) is 4.08. The third kappa shape index (κ3) is 2.33. The molecule has 1 aromatic carbocycles. The van der Waals surface area contributed by atoms with Crippen LogP contribution >= 0.6 is 0 Å². The van der Waals surface area contributed by atoms with Crippen molar-refractivity contribution in [2.24, 2.45) is 0 Å². The van der Waals surface area contributed by atoms with Crippen molar-refractivity contribution < 1.29 is 14.2 Å². The number of benzene rings is 1. The molecule has 0 fully saturated rings. The Labute approximate surface area is 105 Å². The Bertz CT molecular complexity index is 540. The van der Waals surface area contributed by atoms with Crippen LogP contribution in [-0.4, -0.2) is 17.2 Å². The molecule has 0 radical (unpaired) electrons. The van der Waals surface area contributed by atoms with Crippen LogP contribution in [0.15, 0.2) is 36.5 Å². The van der Waals surface area contributed by atoms with Crippen molar-refractivity contribution in [3.8, 4) is 5.75 Å². The van der Waals surface area contributed by atoms with Crippen LogP contribution in [0.25, 0.3) is 0 Å². The molecular formula is C14H14FNO2. The van der Waals surface area contributed by atoms with Crippen molar-refractivity contribution >= 4 is 0 Å². The van der Waals surface area contributed by atoms with E-state index in [9.17, 15) is 9.50 Å². The smallest absolute Gasteiger partial charge is 0.171 e. The van der Waals surface area contributed by atoms with Crippen LogP contribution in [0.1, 0.15) is 22.9 Å². The zero-order valence-corrected chi connectivity index (χ0v) is 10.2. The molecule has 2 aromatic rings. The van der Waals surface area contributed by atoms with Gasteiger partial charge < -0.3 is 9.84 Å². The van der Waals surface area contributed by atoms with Crippen molar-refractivity contribution in [2.45, 2.75) is 13.0 Å². The van der Waals surface area contributed by atoms with Gasteiger partial charge in [-0.05, 0) is 19.1 Å². The largest absolute Gasteiger partial charge is 0.494 e. The molecule has 1 N–H and O–H groups in total. The standard InChI is InChI=1S/C14H14FNO2/c1-9-6-7-10(8-16-9)14(17)11-4-3-5-12(18-2)13(11)15/h3-8,14,17H,1-2H3. The summed E-state index contributed by atoms with van der Waals surface area (Å²) in [6.45, 7) is 1.85. The molecule has 0 saturated heterocycles. The summed E-state index contributed by atoms with van der Waals surface area (Å²) in [5.41, 5.74) is 1.57. The quantitative estimate of drug-likeness (QED) is 0.906. The summed E-state index contributed by atoms with van der Waals surface area (Å²) >= 11 is 0. The second-order valence-corrected chi connectivity index (χ2v) is 4.00. The van der Waals surface area contributed by atoms with Crippen LogP contribution in [0.4, 0.5) is 4.39 Å². The monoisotopic (exact) mass is 247 g/mol. The molecule has 2 rings (SSSR count). The molecule has 0 bridgehead atoms. The van der Waals surface area contributed by atoms with Crippen LogP contribution in [-0.2, 0) is 0 Å². The molecule has 94 valence electrons. The maximum absolute atomic E-state index is 14.0. The van der Waals surface area contributed by atoms with Gasteiger partial charge in [-0.3, -0.25) is 4.98 Å². The van der Waals surface area contributed by atoms with Gasteiger partial charge in [0.25, 0.3) is 0 Å². The number of ether oxygens (including phenoxy) is 1. The first-order valence-corrected chi connectivity index (χ1v) is 5.56. The molecule has 3 nitrogen and oxygen atoms in total. The number of hydrogen-bond acceptors (Lipinski definition) is 3. The maximum Gasteiger partial charge on any atom is 0.171 e. The van der Waals surface area contributed by atoms with E-state index >= 15 is 0 Å². The predicted octanol–water partition coefficient (Wildman–Crippen LogP) is 2.62. The van der Waals surface area contributed by atoms with Gasteiger partial charge in [0.15, 0.2) is 11.6 Å². The van der Waals surface area contributed by atoms with Crippen molar-refractivity contribution in [2.75, 3.05) is 7.11 Å². The van der Waals surface area contributed by atoms with Gasteiger partial charge in [0.2, 0.25) is 0 Å². The molecule has 0 amide bonds. The summed E-state index contributed by atoms with van der Waals surface area (Å²) in [7, 11) is 1.39. The van der Waals surface area contributed by atoms with Gasteiger partial charge in [-0.2, -0.15) is 0 Å². The van der Waals surface area contributed by atoms with Crippen molar-refractivity contribution in [3.63, 3.8) is 0 Å². The Morgan fingerprint density at radius 1 is 1.28 bits per heavy atom. The lowest BCUT2D eigenvalue weighted by atomic mass is 10.0. The van der Waals surface area contributed by atoms with Gasteiger partial charge in [0, 0.05) is 23.0 Å². The molecule has 0 saturated carbocycles. The summed E-state index contributed by atoms with van der Waals surface area (Å²) in [6, 6.07) is 8.19. The fourth-order valence-corrected chi connectivity index (χ4v) is 1.72. The highest BCUT2D eigenvalue weighted by Crippen LogP contribution is 2.28. The number of aryl methyl sites for hydroxylation is 1. The van der Waals surface area contributed by atoms with E-state index in [0.29, 0.717) is 5.56 Å². The minimum absolute atomic E-state index is 0.117. The minimum atomic E-state index is -1.05. The van der Waals surface area contributed by atoms with E-state index in [1.165, 1.54) is 19.2 Å². The highest BCUT2D eigenvalue weighted by atomic mass is 19.1. The first-order chi connectivity index (χ1) is 8.63. The highest BCUT2D eigenvalue weighted by molar-refractivity contribution is 5.36. The summed E-state index contributed by atoms with van der Waals surface area (Å²) in [6.07, 6.45) is 0.493.